The first kappa shape index (κ1) is 14.6. The zero-order valence-electron chi connectivity index (χ0n) is 12.2. The topological polar surface area (TPSA) is 86.7 Å². The molecule has 6 heteroatoms. The lowest BCUT2D eigenvalue weighted by Crippen LogP contribution is -2.37. The lowest BCUT2D eigenvalue weighted by atomic mass is 9.99. The maximum Gasteiger partial charge on any atom is 0.305 e. The second-order valence-electron chi connectivity index (χ2n) is 5.81. The third-order valence-electron chi connectivity index (χ3n) is 4.30. The number of aryl methyl sites for hydroxylation is 1. The highest BCUT2D eigenvalue weighted by atomic mass is 16.4. The highest BCUT2D eigenvalue weighted by Gasteiger charge is 2.31. The molecule has 116 valence electrons. The van der Waals surface area contributed by atoms with Gasteiger partial charge < -0.3 is 15.3 Å². The number of amides is 2. The molecule has 2 amide bonds. The van der Waals surface area contributed by atoms with Crippen LogP contribution >= 0.6 is 0 Å². The summed E-state index contributed by atoms with van der Waals surface area (Å²) in [6.45, 7) is 0.602. The molecule has 0 aromatic heterocycles. The van der Waals surface area contributed by atoms with Gasteiger partial charge in [0.1, 0.15) is 0 Å². The Hall–Kier alpha value is -2.37. The summed E-state index contributed by atoms with van der Waals surface area (Å²) in [5.74, 6) is -1.01. The van der Waals surface area contributed by atoms with Gasteiger partial charge in [-0.05, 0) is 43.0 Å². The van der Waals surface area contributed by atoms with Crippen LogP contribution in [0.15, 0.2) is 18.2 Å². The summed E-state index contributed by atoms with van der Waals surface area (Å²) in [7, 11) is 0. The van der Waals surface area contributed by atoms with Gasteiger partial charge in [-0.3, -0.25) is 14.4 Å². The van der Waals surface area contributed by atoms with Crippen molar-refractivity contribution < 1.29 is 19.5 Å². The minimum atomic E-state index is -0.877. The van der Waals surface area contributed by atoms with Crippen LogP contribution in [-0.2, 0) is 16.0 Å². The Morgan fingerprint density at radius 1 is 1.32 bits per heavy atom. The van der Waals surface area contributed by atoms with Gasteiger partial charge in [0, 0.05) is 30.3 Å². The number of rotatable bonds is 3. The lowest BCUT2D eigenvalue weighted by Gasteiger charge is -2.24. The maximum absolute atomic E-state index is 12.6. The number of carboxylic acids is 1. The highest BCUT2D eigenvalue weighted by molar-refractivity contribution is 5.98. The summed E-state index contributed by atoms with van der Waals surface area (Å²) in [4.78, 5) is 36.6. The van der Waals surface area contributed by atoms with Gasteiger partial charge in [-0.1, -0.05) is 0 Å². The SMILES string of the molecule is O=C(O)CC1CCCN1C(=O)c1ccc2c(c1)CCC(=O)N2. The fourth-order valence-electron chi connectivity index (χ4n) is 3.20. The molecule has 1 aromatic rings. The molecule has 2 aliphatic heterocycles. The Kier molecular flexibility index (Phi) is 3.83. The number of anilines is 1. The van der Waals surface area contributed by atoms with Crippen LogP contribution in [-0.4, -0.2) is 40.4 Å². The first-order valence-electron chi connectivity index (χ1n) is 7.50. The molecule has 1 unspecified atom stereocenters. The van der Waals surface area contributed by atoms with E-state index in [4.69, 9.17) is 5.11 Å². The predicted molar refractivity (Wildman–Crippen MR) is 79.7 cm³/mol. The molecule has 2 heterocycles. The number of carbonyl (C=O) groups is 3. The smallest absolute Gasteiger partial charge is 0.305 e. The Bertz CT molecular complexity index is 641. The number of fused-ring (bicyclic) bond motifs is 1. The van der Waals surface area contributed by atoms with Gasteiger partial charge >= 0.3 is 5.97 Å². The molecule has 3 rings (SSSR count). The standard InChI is InChI=1S/C16H18N2O4/c19-14-6-4-10-8-11(3-5-13(10)17-14)16(22)18-7-1-2-12(18)9-15(20)21/h3,5,8,12H,1-2,4,6-7,9H2,(H,17,19)(H,20,21). The van der Waals surface area contributed by atoms with E-state index in [2.05, 4.69) is 5.32 Å². The first-order chi connectivity index (χ1) is 10.5. The van der Waals surface area contributed by atoms with Crippen molar-refractivity contribution in [1.82, 2.24) is 4.90 Å². The van der Waals surface area contributed by atoms with E-state index in [1.165, 1.54) is 0 Å². The van der Waals surface area contributed by atoms with E-state index in [-0.39, 0.29) is 24.3 Å². The van der Waals surface area contributed by atoms with Gasteiger partial charge in [-0.15, -0.1) is 0 Å². The summed E-state index contributed by atoms with van der Waals surface area (Å²) in [5.41, 5.74) is 2.28. The molecule has 1 aromatic carbocycles. The summed E-state index contributed by atoms with van der Waals surface area (Å²) in [5, 5.41) is 11.7. The van der Waals surface area contributed by atoms with Crippen LogP contribution in [0.1, 0.15) is 41.6 Å². The van der Waals surface area contributed by atoms with Crippen LogP contribution in [0.5, 0.6) is 0 Å². The van der Waals surface area contributed by atoms with Crippen LogP contribution < -0.4 is 5.32 Å². The number of carbonyl (C=O) groups excluding carboxylic acids is 2. The molecule has 6 nitrogen and oxygen atoms in total. The molecule has 1 atom stereocenters. The number of hydrogen-bond acceptors (Lipinski definition) is 3. The minimum absolute atomic E-state index is 0.00681. The Labute approximate surface area is 128 Å². The third-order valence-corrected chi connectivity index (χ3v) is 4.30. The van der Waals surface area contributed by atoms with Crippen molar-refractivity contribution in [3.8, 4) is 0 Å². The summed E-state index contributed by atoms with van der Waals surface area (Å²) in [6, 6.07) is 5.04. The van der Waals surface area contributed by atoms with Crippen molar-refractivity contribution >= 4 is 23.5 Å². The van der Waals surface area contributed by atoms with Gasteiger partial charge in [0.25, 0.3) is 5.91 Å². The molecule has 0 saturated carbocycles. The summed E-state index contributed by atoms with van der Waals surface area (Å²) < 4.78 is 0. The lowest BCUT2D eigenvalue weighted by molar-refractivity contribution is -0.138. The number of likely N-dealkylation sites (tertiary alicyclic amines) is 1. The number of hydrogen-bond donors (Lipinski definition) is 2. The van der Waals surface area contributed by atoms with E-state index >= 15 is 0 Å². The van der Waals surface area contributed by atoms with Crippen molar-refractivity contribution in [3.05, 3.63) is 29.3 Å². The molecule has 1 saturated heterocycles. The number of aliphatic carboxylic acids is 1. The molecular weight excluding hydrogens is 284 g/mol. The van der Waals surface area contributed by atoms with Gasteiger partial charge in [-0.2, -0.15) is 0 Å². The third kappa shape index (κ3) is 2.81. The Balaban J connectivity index is 1.80. The average Bonchev–Trinajstić information content (AvgIpc) is 2.93. The molecule has 0 bridgehead atoms. The number of benzene rings is 1. The summed E-state index contributed by atoms with van der Waals surface area (Å²) in [6.07, 6.45) is 2.62. The van der Waals surface area contributed by atoms with Crippen LogP contribution in [0.25, 0.3) is 0 Å². The van der Waals surface area contributed by atoms with E-state index in [9.17, 15) is 14.4 Å². The molecule has 2 N–H and O–H groups in total. The molecule has 2 aliphatic rings. The van der Waals surface area contributed by atoms with Crippen molar-refractivity contribution in [1.29, 1.82) is 0 Å². The number of nitrogens with zero attached hydrogens (tertiary/aromatic N) is 1. The Morgan fingerprint density at radius 3 is 2.91 bits per heavy atom. The van der Waals surface area contributed by atoms with Crippen molar-refractivity contribution in [2.75, 3.05) is 11.9 Å². The van der Waals surface area contributed by atoms with Crippen LogP contribution in [0.2, 0.25) is 0 Å². The molecule has 0 radical (unpaired) electrons. The normalized spacial score (nSPS) is 20.5. The molecular formula is C16H18N2O4. The molecule has 1 fully saturated rings. The van der Waals surface area contributed by atoms with Gasteiger partial charge in [0.2, 0.25) is 5.91 Å². The second kappa shape index (κ2) is 5.79. The van der Waals surface area contributed by atoms with Crippen molar-refractivity contribution in [2.45, 2.75) is 38.1 Å². The van der Waals surface area contributed by atoms with Crippen molar-refractivity contribution in [3.63, 3.8) is 0 Å². The minimum Gasteiger partial charge on any atom is -0.481 e. The van der Waals surface area contributed by atoms with E-state index in [1.807, 2.05) is 6.07 Å². The quantitative estimate of drug-likeness (QED) is 0.889. The second-order valence-corrected chi connectivity index (χ2v) is 5.81. The molecule has 22 heavy (non-hydrogen) atoms. The fraction of sp³-hybridized carbons (Fsp3) is 0.438. The van der Waals surface area contributed by atoms with Crippen LogP contribution in [0.3, 0.4) is 0 Å². The zero-order chi connectivity index (χ0) is 15.7. The van der Waals surface area contributed by atoms with E-state index in [1.54, 1.807) is 17.0 Å². The molecule has 0 aliphatic carbocycles. The van der Waals surface area contributed by atoms with E-state index in [0.717, 1.165) is 24.1 Å². The highest BCUT2D eigenvalue weighted by Crippen LogP contribution is 2.27. The number of nitrogens with one attached hydrogen (secondary N) is 1. The Morgan fingerprint density at radius 2 is 2.14 bits per heavy atom. The maximum atomic E-state index is 12.6. The van der Waals surface area contributed by atoms with Gasteiger partial charge in [-0.25, -0.2) is 0 Å². The van der Waals surface area contributed by atoms with Crippen LogP contribution in [0.4, 0.5) is 5.69 Å². The molecule has 0 spiro atoms. The van der Waals surface area contributed by atoms with Gasteiger partial charge in [0.05, 0.1) is 6.42 Å². The van der Waals surface area contributed by atoms with Crippen molar-refractivity contribution in [2.24, 2.45) is 0 Å². The van der Waals surface area contributed by atoms with E-state index < -0.39 is 5.97 Å². The monoisotopic (exact) mass is 302 g/mol. The number of carboxylic acid groups (broad SMARTS) is 1. The first-order valence-corrected chi connectivity index (χ1v) is 7.50. The average molecular weight is 302 g/mol. The van der Waals surface area contributed by atoms with Crippen LogP contribution in [0, 0.1) is 0 Å². The predicted octanol–water partition coefficient (Wildman–Crippen LogP) is 1.65. The van der Waals surface area contributed by atoms with Gasteiger partial charge in [0.15, 0.2) is 0 Å². The van der Waals surface area contributed by atoms with E-state index in [0.29, 0.717) is 24.9 Å². The summed E-state index contributed by atoms with van der Waals surface area (Å²) >= 11 is 0. The fourth-order valence-corrected chi connectivity index (χ4v) is 3.20. The zero-order valence-corrected chi connectivity index (χ0v) is 12.2. The largest absolute Gasteiger partial charge is 0.481 e.